The lowest BCUT2D eigenvalue weighted by molar-refractivity contribution is 0.284. The zero-order chi connectivity index (χ0) is 19.7. The fraction of sp³-hybridized carbons (Fsp3) is 0.571. The molecule has 0 spiro atoms. The summed E-state index contributed by atoms with van der Waals surface area (Å²) in [6.45, 7) is -0.00774. The molecule has 1 rings (SSSR count). The van der Waals surface area contributed by atoms with Crippen molar-refractivity contribution in [2.24, 2.45) is 0 Å². The van der Waals surface area contributed by atoms with Gasteiger partial charge in [0, 0.05) is 6.61 Å². The predicted molar refractivity (Wildman–Crippen MR) is 114 cm³/mol. The van der Waals surface area contributed by atoms with Crippen molar-refractivity contribution in [1.29, 1.82) is 0 Å². The molecule has 1 aromatic carbocycles. The van der Waals surface area contributed by atoms with Crippen LogP contribution in [0.15, 0.2) is 18.2 Å². The van der Waals surface area contributed by atoms with Gasteiger partial charge >= 0.3 is 0 Å². The lowest BCUT2D eigenvalue weighted by Crippen LogP contribution is -2.33. The Morgan fingerprint density at radius 3 is 1.40 bits per heavy atom. The summed E-state index contributed by atoms with van der Waals surface area (Å²) in [6, 6.07) is 4.70. The Balaban J connectivity index is 3.62. The fourth-order valence-corrected chi connectivity index (χ4v) is 3.48. The van der Waals surface area contributed by atoms with E-state index >= 15 is 0 Å². The first-order chi connectivity index (χ1) is 11.2. The number of halogens is 10. The Labute approximate surface area is 196 Å². The summed E-state index contributed by atoms with van der Waals surface area (Å²) in [5, 5.41) is 9.03. The Hall–Kier alpha value is 2.08. The van der Waals surface area contributed by atoms with E-state index < -0.39 is 16.3 Å². The Kier molecular flexibility index (Phi) is 9.31. The van der Waals surface area contributed by atoms with E-state index in [1.165, 1.54) is 0 Å². The van der Waals surface area contributed by atoms with Gasteiger partial charge in [0.2, 0.25) is 7.59 Å². The van der Waals surface area contributed by atoms with Crippen LogP contribution in [0.5, 0.6) is 0 Å². The molecule has 0 unspecified atom stereocenters. The average molecular weight is 551 g/mol. The van der Waals surface area contributed by atoms with Crippen LogP contribution in [0.1, 0.15) is 29.5 Å². The van der Waals surface area contributed by atoms with Gasteiger partial charge in [-0.25, -0.2) is 0 Å². The third-order valence-corrected chi connectivity index (χ3v) is 8.21. The second-order valence-corrected chi connectivity index (χ2v) is 12.4. The molecule has 0 radical (unpaired) electrons. The molecule has 0 aromatic heterocycles. The summed E-state index contributed by atoms with van der Waals surface area (Å²) in [7, 11) is 0. The number of hydrogen-bond donors (Lipinski definition) is 1. The molecule has 0 amide bonds. The van der Waals surface area contributed by atoms with Gasteiger partial charge in [0.1, 0.15) is 0 Å². The predicted octanol–water partition coefficient (Wildman–Crippen LogP) is 8.00. The highest BCUT2D eigenvalue weighted by Crippen LogP contribution is 2.58. The maximum absolute atomic E-state index is 9.03. The highest BCUT2D eigenvalue weighted by molar-refractivity contribution is 6.76. The zero-order valence-corrected chi connectivity index (χ0v) is 19.8. The van der Waals surface area contributed by atoms with E-state index in [0.29, 0.717) is 24.8 Å². The lowest BCUT2D eigenvalue weighted by Gasteiger charge is -2.34. The number of aliphatic hydroxyl groups excluding tert-OH is 1. The summed E-state index contributed by atoms with van der Waals surface area (Å²) in [4.78, 5) is 0. The molecule has 1 nitrogen and oxygen atoms in total. The molecule has 0 heterocycles. The molecule has 11 heteroatoms. The molecule has 0 aliphatic rings. The molecule has 0 saturated heterocycles. The van der Waals surface area contributed by atoms with E-state index in [4.69, 9.17) is 121 Å². The van der Waals surface area contributed by atoms with Gasteiger partial charge < -0.3 is 5.11 Å². The van der Waals surface area contributed by atoms with E-state index in [1.54, 1.807) is 18.2 Å². The van der Waals surface area contributed by atoms with Gasteiger partial charge in [0.25, 0.3) is 0 Å². The van der Waals surface area contributed by atoms with Gasteiger partial charge in [-0.15, -0.1) is 0 Å². The number of benzene rings is 1. The van der Waals surface area contributed by atoms with Crippen LogP contribution in [0.4, 0.5) is 0 Å². The molecule has 0 aliphatic carbocycles. The highest BCUT2D eigenvalue weighted by Gasteiger charge is 2.52. The molecule has 0 bridgehead atoms. The van der Waals surface area contributed by atoms with Crippen LogP contribution in [0, 0.1) is 0 Å². The summed E-state index contributed by atoms with van der Waals surface area (Å²) in [5.74, 6) is 0. The minimum absolute atomic E-state index is 0.00774. The molecule has 1 N–H and O–H groups in total. The molecule has 0 fully saturated rings. The molecule has 1 aromatic rings. The van der Waals surface area contributed by atoms with Crippen molar-refractivity contribution in [2.45, 2.75) is 35.5 Å². The molecule has 0 aliphatic heterocycles. The fourth-order valence-electron chi connectivity index (χ4n) is 2.16. The van der Waals surface area contributed by atoms with Crippen LogP contribution in [0.3, 0.4) is 0 Å². The van der Waals surface area contributed by atoms with Crippen LogP contribution < -0.4 is 0 Å². The number of aliphatic hydroxyl groups is 1. The molecule has 0 saturated carbocycles. The van der Waals surface area contributed by atoms with Gasteiger partial charge in [0.15, 0.2) is 8.67 Å². The third kappa shape index (κ3) is 5.80. The first-order valence-corrected chi connectivity index (χ1v) is 10.6. The van der Waals surface area contributed by atoms with E-state index in [1.807, 2.05) is 0 Å². The Bertz CT molecular complexity index is 544. The first kappa shape index (κ1) is 25.1. The molecule has 25 heavy (non-hydrogen) atoms. The summed E-state index contributed by atoms with van der Waals surface area (Å²) < 4.78 is -7.94. The molecule has 144 valence electrons. The van der Waals surface area contributed by atoms with Gasteiger partial charge in [0.05, 0.1) is 0 Å². The molecular weight excluding hydrogens is 539 g/mol. The number of rotatable bonds is 6. The number of hydrogen-bond acceptors (Lipinski definition) is 1. The van der Waals surface area contributed by atoms with E-state index in [0.717, 1.165) is 0 Å². The van der Waals surface area contributed by atoms with Crippen molar-refractivity contribution in [2.75, 3.05) is 6.61 Å². The second kappa shape index (κ2) is 9.26. The van der Waals surface area contributed by atoms with Crippen molar-refractivity contribution >= 4 is 116 Å². The minimum Gasteiger partial charge on any atom is -0.396 e. The van der Waals surface area contributed by atoms with Crippen LogP contribution in [-0.4, -0.2) is 19.3 Å². The Morgan fingerprint density at radius 2 is 1.08 bits per heavy atom. The standard InChI is InChI=1S/C14H12Cl10O/c15-11(16,13(19,20)21)9-5-3-6-10(8(9)4-1-2-7-25)12(17,18)14(22,23)24/h3,5-6,25H,1-2,4,7H2. The van der Waals surface area contributed by atoms with Gasteiger partial charge in [-0.1, -0.05) is 134 Å². The maximum Gasteiger partial charge on any atom is 0.227 e. The normalized spacial score (nSPS) is 14.0. The lowest BCUT2D eigenvalue weighted by atomic mass is 9.92. The third-order valence-electron chi connectivity index (χ3n) is 3.40. The van der Waals surface area contributed by atoms with Gasteiger partial charge in [-0.05, 0) is 36.0 Å². The SMILES string of the molecule is OCCCCc1c(C(Cl)(Cl)C(Cl)(Cl)Cl)cccc1C(Cl)(Cl)C(Cl)(Cl)Cl. The summed E-state index contributed by atoms with van der Waals surface area (Å²) >= 11 is 60.9. The quantitative estimate of drug-likeness (QED) is 0.281. The van der Waals surface area contributed by atoms with E-state index in [-0.39, 0.29) is 17.7 Å². The minimum atomic E-state index is -2.05. The van der Waals surface area contributed by atoms with Crippen LogP contribution in [0.25, 0.3) is 0 Å². The van der Waals surface area contributed by atoms with Crippen LogP contribution in [0.2, 0.25) is 0 Å². The summed E-state index contributed by atoms with van der Waals surface area (Å²) in [5.41, 5.74) is 1.01. The molecule has 0 atom stereocenters. The number of alkyl halides is 10. The Morgan fingerprint density at radius 1 is 0.680 bits per heavy atom. The maximum atomic E-state index is 9.03. The average Bonchev–Trinajstić information content (AvgIpc) is 2.44. The van der Waals surface area contributed by atoms with E-state index in [9.17, 15) is 0 Å². The monoisotopic (exact) mass is 546 g/mol. The van der Waals surface area contributed by atoms with Crippen molar-refractivity contribution < 1.29 is 5.11 Å². The highest BCUT2D eigenvalue weighted by atomic mass is 35.6. The topological polar surface area (TPSA) is 20.2 Å². The largest absolute Gasteiger partial charge is 0.396 e. The van der Waals surface area contributed by atoms with Crippen molar-refractivity contribution in [3.63, 3.8) is 0 Å². The number of unbranched alkanes of at least 4 members (excludes halogenated alkanes) is 1. The van der Waals surface area contributed by atoms with Crippen molar-refractivity contribution in [3.05, 3.63) is 34.9 Å². The summed E-state index contributed by atoms with van der Waals surface area (Å²) in [6.07, 6.45) is 1.41. The van der Waals surface area contributed by atoms with Gasteiger partial charge in [-0.2, -0.15) is 0 Å². The molecular formula is C14H12Cl10O. The van der Waals surface area contributed by atoms with E-state index in [2.05, 4.69) is 0 Å². The van der Waals surface area contributed by atoms with Crippen LogP contribution in [-0.2, 0) is 15.1 Å². The smallest absolute Gasteiger partial charge is 0.227 e. The van der Waals surface area contributed by atoms with Gasteiger partial charge in [-0.3, -0.25) is 0 Å². The first-order valence-electron chi connectivity index (χ1n) is 6.80. The van der Waals surface area contributed by atoms with Crippen LogP contribution >= 0.6 is 116 Å². The second-order valence-electron chi connectivity index (χ2n) is 5.16. The van der Waals surface area contributed by atoms with Crippen molar-refractivity contribution in [1.82, 2.24) is 0 Å². The zero-order valence-electron chi connectivity index (χ0n) is 12.3. The van der Waals surface area contributed by atoms with Crippen molar-refractivity contribution in [3.8, 4) is 0 Å².